The first-order valence-corrected chi connectivity index (χ1v) is 9.99. The van der Waals surface area contributed by atoms with Gasteiger partial charge in [0.15, 0.2) is 11.5 Å². The van der Waals surface area contributed by atoms with Gasteiger partial charge in [0.25, 0.3) is 5.91 Å². The van der Waals surface area contributed by atoms with Crippen LogP contribution in [0.5, 0.6) is 11.5 Å². The molecule has 2 rings (SSSR count). The molecule has 0 saturated heterocycles. The molecule has 0 aliphatic rings. The maximum atomic E-state index is 12.8. The van der Waals surface area contributed by atoms with E-state index in [1.807, 2.05) is 30.3 Å². The normalized spacial score (nSPS) is 11.0. The van der Waals surface area contributed by atoms with Crippen molar-refractivity contribution in [2.24, 2.45) is 0 Å². The van der Waals surface area contributed by atoms with Crippen molar-refractivity contribution in [3.8, 4) is 11.5 Å². The van der Waals surface area contributed by atoms with Crippen LogP contribution in [0.4, 0.5) is 5.69 Å². The Morgan fingerprint density at radius 1 is 1.07 bits per heavy atom. The molecule has 0 spiro atoms. The fraction of sp³-hybridized carbons (Fsp3) is 0.316. The Labute approximate surface area is 160 Å². The number of hydrogen-bond donors (Lipinski definition) is 1. The highest BCUT2D eigenvalue weighted by molar-refractivity contribution is 7.92. The third kappa shape index (κ3) is 4.71. The van der Waals surface area contributed by atoms with Crippen LogP contribution in [-0.2, 0) is 16.6 Å². The molecule has 146 valence electrons. The molecule has 0 aliphatic heterocycles. The predicted molar refractivity (Wildman–Crippen MR) is 105 cm³/mol. The minimum Gasteiger partial charge on any atom is -0.493 e. The van der Waals surface area contributed by atoms with Gasteiger partial charge in [-0.1, -0.05) is 30.3 Å². The van der Waals surface area contributed by atoms with Gasteiger partial charge in [0.2, 0.25) is 10.0 Å². The number of nitrogens with zero attached hydrogens (tertiary/aromatic N) is 1. The smallest absolute Gasteiger partial charge is 0.253 e. The van der Waals surface area contributed by atoms with Crippen LogP contribution in [-0.4, -0.2) is 41.3 Å². The molecule has 1 amide bonds. The largest absolute Gasteiger partial charge is 0.493 e. The van der Waals surface area contributed by atoms with Gasteiger partial charge in [0.05, 0.1) is 31.2 Å². The van der Waals surface area contributed by atoms with Crippen LogP contribution >= 0.6 is 0 Å². The van der Waals surface area contributed by atoms with Crippen molar-refractivity contribution in [2.75, 3.05) is 31.3 Å². The Morgan fingerprint density at radius 2 is 1.67 bits per heavy atom. The Hall–Kier alpha value is -2.74. The van der Waals surface area contributed by atoms with E-state index in [9.17, 15) is 13.2 Å². The Balaban J connectivity index is 2.44. The lowest BCUT2D eigenvalue weighted by Crippen LogP contribution is -2.31. The van der Waals surface area contributed by atoms with E-state index in [1.165, 1.54) is 33.4 Å². The van der Waals surface area contributed by atoms with Crippen molar-refractivity contribution in [1.82, 2.24) is 5.32 Å². The lowest BCUT2D eigenvalue weighted by Gasteiger charge is -2.23. The van der Waals surface area contributed by atoms with Gasteiger partial charge in [-0.15, -0.1) is 0 Å². The molecule has 7 nitrogen and oxygen atoms in total. The SMILES string of the molecule is CCS(=O)(=O)N(C)c1cc(OC)c(OC)cc1C(=O)NCc1ccccc1. The third-order valence-electron chi connectivity index (χ3n) is 4.16. The molecular weight excluding hydrogens is 368 g/mol. The van der Waals surface area contributed by atoms with Crippen molar-refractivity contribution in [1.29, 1.82) is 0 Å². The van der Waals surface area contributed by atoms with Crippen molar-refractivity contribution in [2.45, 2.75) is 13.5 Å². The second-order valence-corrected chi connectivity index (χ2v) is 8.05. The lowest BCUT2D eigenvalue weighted by atomic mass is 10.1. The number of rotatable bonds is 8. The number of hydrogen-bond acceptors (Lipinski definition) is 5. The summed E-state index contributed by atoms with van der Waals surface area (Å²) in [5, 5.41) is 2.81. The molecule has 0 aliphatic carbocycles. The summed E-state index contributed by atoms with van der Waals surface area (Å²) in [6.45, 7) is 1.86. The van der Waals surface area contributed by atoms with Gasteiger partial charge in [-0.05, 0) is 18.6 Å². The zero-order valence-electron chi connectivity index (χ0n) is 15.9. The quantitative estimate of drug-likeness (QED) is 0.746. The van der Waals surface area contributed by atoms with Crippen LogP contribution in [0.2, 0.25) is 0 Å². The molecule has 0 fully saturated rings. The number of sulfonamides is 1. The van der Waals surface area contributed by atoms with Crippen LogP contribution in [0, 0.1) is 0 Å². The first-order chi connectivity index (χ1) is 12.8. The summed E-state index contributed by atoms with van der Waals surface area (Å²) in [5.41, 5.74) is 1.34. The molecule has 0 atom stereocenters. The van der Waals surface area contributed by atoms with Crippen molar-refractivity contribution in [3.05, 3.63) is 53.6 Å². The number of amides is 1. The highest BCUT2D eigenvalue weighted by atomic mass is 32.2. The first kappa shape index (κ1) is 20.6. The van der Waals surface area contributed by atoms with Gasteiger partial charge in [0, 0.05) is 19.7 Å². The Morgan fingerprint density at radius 3 is 2.22 bits per heavy atom. The summed E-state index contributed by atoms with van der Waals surface area (Å²) < 4.78 is 36.3. The first-order valence-electron chi connectivity index (χ1n) is 8.38. The van der Waals surface area contributed by atoms with Crippen LogP contribution in [0.3, 0.4) is 0 Å². The van der Waals surface area contributed by atoms with Crippen molar-refractivity contribution >= 4 is 21.6 Å². The van der Waals surface area contributed by atoms with Gasteiger partial charge >= 0.3 is 0 Å². The minimum absolute atomic E-state index is 0.0943. The summed E-state index contributed by atoms with van der Waals surface area (Å²) in [7, 11) is 0.752. The zero-order valence-corrected chi connectivity index (χ0v) is 16.7. The van der Waals surface area contributed by atoms with Crippen molar-refractivity contribution < 1.29 is 22.7 Å². The molecule has 2 aromatic rings. The van der Waals surface area contributed by atoms with E-state index in [1.54, 1.807) is 6.92 Å². The second-order valence-electron chi connectivity index (χ2n) is 5.76. The topological polar surface area (TPSA) is 84.9 Å². The number of carbonyl (C=O) groups is 1. The van der Waals surface area contributed by atoms with Crippen LogP contribution in [0.25, 0.3) is 0 Å². The maximum absolute atomic E-state index is 12.8. The standard InChI is InChI=1S/C19H24N2O5S/c1-5-27(23,24)21(2)16-12-18(26-4)17(25-3)11-15(16)19(22)20-13-14-9-7-6-8-10-14/h6-12H,5,13H2,1-4H3,(H,20,22). The number of anilines is 1. The van der Waals surface area contributed by atoms with Crippen molar-refractivity contribution in [3.63, 3.8) is 0 Å². The van der Waals surface area contributed by atoms with Crippen LogP contribution in [0.1, 0.15) is 22.8 Å². The van der Waals surface area contributed by atoms with E-state index in [0.29, 0.717) is 18.0 Å². The molecule has 0 aromatic heterocycles. The van der Waals surface area contributed by atoms with E-state index in [0.717, 1.165) is 9.87 Å². The average Bonchev–Trinajstić information content (AvgIpc) is 2.71. The summed E-state index contributed by atoms with van der Waals surface area (Å²) in [4.78, 5) is 12.8. The van der Waals surface area contributed by atoms with E-state index < -0.39 is 15.9 Å². The van der Waals surface area contributed by atoms with Gasteiger partial charge < -0.3 is 14.8 Å². The number of benzene rings is 2. The molecule has 0 unspecified atom stereocenters. The fourth-order valence-corrected chi connectivity index (χ4v) is 3.37. The molecule has 0 radical (unpaired) electrons. The average molecular weight is 392 g/mol. The third-order valence-corrected chi connectivity index (χ3v) is 5.92. The maximum Gasteiger partial charge on any atom is 0.253 e. The second kappa shape index (κ2) is 8.77. The summed E-state index contributed by atoms with van der Waals surface area (Å²) >= 11 is 0. The van der Waals surface area contributed by atoms with E-state index in [2.05, 4.69) is 5.32 Å². The van der Waals surface area contributed by atoms with Gasteiger partial charge in [-0.25, -0.2) is 8.42 Å². The summed E-state index contributed by atoms with van der Waals surface area (Å²) in [6.07, 6.45) is 0. The molecule has 27 heavy (non-hydrogen) atoms. The predicted octanol–water partition coefficient (Wildman–Crippen LogP) is 2.42. The van der Waals surface area contributed by atoms with Gasteiger partial charge in [-0.3, -0.25) is 9.10 Å². The monoisotopic (exact) mass is 392 g/mol. The fourth-order valence-electron chi connectivity index (χ4n) is 2.53. The summed E-state index contributed by atoms with van der Waals surface area (Å²) in [6, 6.07) is 12.4. The summed E-state index contributed by atoms with van der Waals surface area (Å²) in [5.74, 6) is 0.176. The molecule has 0 saturated carbocycles. The van der Waals surface area contributed by atoms with E-state index >= 15 is 0 Å². The molecule has 1 N–H and O–H groups in total. The molecule has 2 aromatic carbocycles. The minimum atomic E-state index is -3.56. The zero-order chi connectivity index (χ0) is 20.0. The van der Waals surface area contributed by atoms with Crippen LogP contribution in [0.15, 0.2) is 42.5 Å². The van der Waals surface area contributed by atoms with Crippen LogP contribution < -0.4 is 19.1 Å². The molecule has 8 heteroatoms. The van der Waals surface area contributed by atoms with E-state index in [-0.39, 0.29) is 17.0 Å². The van der Waals surface area contributed by atoms with Gasteiger partial charge in [0.1, 0.15) is 0 Å². The molecule has 0 heterocycles. The highest BCUT2D eigenvalue weighted by Gasteiger charge is 2.24. The Bertz CT molecular complexity index is 898. The highest BCUT2D eigenvalue weighted by Crippen LogP contribution is 2.35. The number of ether oxygens (including phenoxy) is 2. The lowest BCUT2D eigenvalue weighted by molar-refractivity contribution is 0.0951. The van der Waals surface area contributed by atoms with E-state index in [4.69, 9.17) is 9.47 Å². The molecular formula is C19H24N2O5S. The van der Waals surface area contributed by atoms with Gasteiger partial charge in [-0.2, -0.15) is 0 Å². The number of nitrogens with one attached hydrogen (secondary N) is 1. The number of carbonyl (C=O) groups excluding carboxylic acids is 1. The number of methoxy groups -OCH3 is 2. The Kier molecular flexibility index (Phi) is 6.68. The molecule has 0 bridgehead atoms.